The second kappa shape index (κ2) is 9.71. The maximum absolute atomic E-state index is 12.4. The molecule has 0 radical (unpaired) electrons. The monoisotopic (exact) mass is 409 g/mol. The molecular weight excluding hydrogens is 382 g/mol. The van der Waals surface area contributed by atoms with Crippen molar-refractivity contribution in [2.75, 3.05) is 58.4 Å². The third-order valence-electron chi connectivity index (χ3n) is 4.84. The molecule has 0 N–H and O–H groups in total. The lowest BCUT2D eigenvalue weighted by molar-refractivity contribution is -0.130. The van der Waals surface area contributed by atoms with Crippen molar-refractivity contribution in [1.82, 2.24) is 9.80 Å². The van der Waals surface area contributed by atoms with Crippen LogP contribution in [-0.4, -0.2) is 78.5 Å². The van der Waals surface area contributed by atoms with E-state index in [1.54, 1.807) is 37.7 Å². The van der Waals surface area contributed by atoms with Gasteiger partial charge in [0.15, 0.2) is 11.5 Å². The Labute approximate surface area is 169 Å². The van der Waals surface area contributed by atoms with E-state index >= 15 is 0 Å². The minimum Gasteiger partial charge on any atom is -0.493 e. The normalized spacial score (nSPS) is 17.7. The molecule has 0 aliphatic carbocycles. The highest BCUT2D eigenvalue weighted by molar-refractivity contribution is 8.39. The molecule has 0 atom stereocenters. The van der Waals surface area contributed by atoms with Crippen LogP contribution >= 0.6 is 23.5 Å². The molecule has 1 aromatic rings. The Morgan fingerprint density at radius 1 is 1.19 bits per heavy atom. The SMILES string of the molecule is COc1cc(C)c(CN2CCN(C(=O)CSC3=NCCS3)CC2)cc1OC. The molecule has 0 aromatic heterocycles. The zero-order valence-electron chi connectivity index (χ0n) is 16.2. The van der Waals surface area contributed by atoms with Gasteiger partial charge in [-0.15, -0.1) is 0 Å². The lowest BCUT2D eigenvalue weighted by Crippen LogP contribution is -2.48. The Morgan fingerprint density at radius 2 is 1.89 bits per heavy atom. The summed E-state index contributed by atoms with van der Waals surface area (Å²) in [5.41, 5.74) is 2.43. The molecule has 0 saturated carbocycles. The Hall–Kier alpha value is -1.38. The standard InChI is InChI=1S/C19H27N3O3S2/c1-14-10-16(24-2)17(25-3)11-15(14)12-21-5-7-22(8-6-21)18(23)13-27-19-20-4-9-26-19/h10-11H,4-9,12-13H2,1-3H3. The number of aliphatic imine (C=N–C) groups is 1. The topological polar surface area (TPSA) is 54.4 Å². The van der Waals surface area contributed by atoms with Gasteiger partial charge in [0.2, 0.25) is 5.91 Å². The molecule has 3 rings (SSSR count). The van der Waals surface area contributed by atoms with Crippen LogP contribution in [0.25, 0.3) is 0 Å². The van der Waals surface area contributed by atoms with E-state index in [1.165, 1.54) is 11.1 Å². The molecule has 27 heavy (non-hydrogen) atoms. The van der Waals surface area contributed by atoms with Crippen LogP contribution in [0.1, 0.15) is 11.1 Å². The van der Waals surface area contributed by atoms with E-state index in [1.807, 2.05) is 11.0 Å². The van der Waals surface area contributed by atoms with Gasteiger partial charge in [-0.2, -0.15) is 0 Å². The summed E-state index contributed by atoms with van der Waals surface area (Å²) in [7, 11) is 3.32. The van der Waals surface area contributed by atoms with Gasteiger partial charge >= 0.3 is 0 Å². The zero-order valence-corrected chi connectivity index (χ0v) is 17.8. The quantitative estimate of drug-likeness (QED) is 0.720. The first-order chi connectivity index (χ1) is 13.1. The van der Waals surface area contributed by atoms with Gasteiger partial charge in [-0.25, -0.2) is 0 Å². The highest BCUT2D eigenvalue weighted by Gasteiger charge is 2.22. The number of hydrogen-bond donors (Lipinski definition) is 0. The smallest absolute Gasteiger partial charge is 0.233 e. The minimum atomic E-state index is 0.220. The van der Waals surface area contributed by atoms with Crippen molar-refractivity contribution in [1.29, 1.82) is 0 Å². The Balaban J connectivity index is 1.50. The molecule has 0 unspecified atom stereocenters. The lowest BCUT2D eigenvalue weighted by Gasteiger charge is -2.35. The van der Waals surface area contributed by atoms with Crippen molar-refractivity contribution in [2.24, 2.45) is 4.99 Å². The van der Waals surface area contributed by atoms with Crippen molar-refractivity contribution in [3.05, 3.63) is 23.3 Å². The van der Waals surface area contributed by atoms with Crippen molar-refractivity contribution >= 4 is 33.8 Å². The molecule has 0 bridgehead atoms. The third kappa shape index (κ3) is 5.33. The maximum Gasteiger partial charge on any atom is 0.233 e. The second-order valence-electron chi connectivity index (χ2n) is 6.58. The number of rotatable bonds is 6. The largest absolute Gasteiger partial charge is 0.493 e. The van der Waals surface area contributed by atoms with Crippen LogP contribution < -0.4 is 9.47 Å². The Morgan fingerprint density at radius 3 is 2.52 bits per heavy atom. The molecule has 1 fully saturated rings. The van der Waals surface area contributed by atoms with Gasteiger partial charge in [0.05, 0.1) is 26.5 Å². The Bertz CT molecular complexity index is 704. The number of carbonyl (C=O) groups is 1. The average molecular weight is 410 g/mol. The lowest BCUT2D eigenvalue weighted by atomic mass is 10.1. The predicted molar refractivity (Wildman–Crippen MR) is 113 cm³/mol. The number of benzene rings is 1. The summed E-state index contributed by atoms with van der Waals surface area (Å²) in [5.74, 6) is 3.29. The molecule has 1 aromatic carbocycles. The summed E-state index contributed by atoms with van der Waals surface area (Å²) in [6.45, 7) is 7.18. The molecule has 1 saturated heterocycles. The van der Waals surface area contributed by atoms with Crippen LogP contribution in [0, 0.1) is 6.92 Å². The van der Waals surface area contributed by atoms with Crippen LogP contribution in [0.2, 0.25) is 0 Å². The van der Waals surface area contributed by atoms with E-state index in [9.17, 15) is 4.79 Å². The summed E-state index contributed by atoms with van der Waals surface area (Å²) in [4.78, 5) is 21.2. The molecule has 148 valence electrons. The van der Waals surface area contributed by atoms with Gasteiger partial charge in [0.1, 0.15) is 4.38 Å². The van der Waals surface area contributed by atoms with Crippen molar-refractivity contribution < 1.29 is 14.3 Å². The predicted octanol–water partition coefficient (Wildman–Crippen LogP) is 2.49. The van der Waals surface area contributed by atoms with Crippen LogP contribution in [0.5, 0.6) is 11.5 Å². The van der Waals surface area contributed by atoms with Crippen molar-refractivity contribution in [3.8, 4) is 11.5 Å². The minimum absolute atomic E-state index is 0.220. The highest BCUT2D eigenvalue weighted by atomic mass is 32.2. The number of hydrogen-bond acceptors (Lipinski definition) is 7. The number of ether oxygens (including phenoxy) is 2. The fourth-order valence-corrected chi connectivity index (χ4v) is 5.12. The number of carbonyl (C=O) groups excluding carboxylic acids is 1. The number of amides is 1. The molecule has 0 spiro atoms. The van der Waals surface area contributed by atoms with E-state index in [0.29, 0.717) is 5.75 Å². The first-order valence-electron chi connectivity index (χ1n) is 9.12. The van der Waals surface area contributed by atoms with E-state index in [4.69, 9.17) is 9.47 Å². The van der Waals surface area contributed by atoms with Gasteiger partial charge in [-0.3, -0.25) is 14.7 Å². The fraction of sp³-hybridized carbons (Fsp3) is 0.579. The van der Waals surface area contributed by atoms with Gasteiger partial charge in [-0.1, -0.05) is 23.5 Å². The number of methoxy groups -OCH3 is 2. The van der Waals surface area contributed by atoms with Crippen molar-refractivity contribution in [2.45, 2.75) is 13.5 Å². The molecule has 8 heteroatoms. The van der Waals surface area contributed by atoms with Gasteiger partial charge in [0, 0.05) is 38.5 Å². The summed E-state index contributed by atoms with van der Waals surface area (Å²) in [6, 6.07) is 4.08. The van der Waals surface area contributed by atoms with Crippen LogP contribution in [0.15, 0.2) is 17.1 Å². The third-order valence-corrected chi connectivity index (χ3v) is 7.08. The van der Waals surface area contributed by atoms with Crippen LogP contribution in [-0.2, 0) is 11.3 Å². The molecule has 2 aliphatic heterocycles. The van der Waals surface area contributed by atoms with E-state index < -0.39 is 0 Å². The van der Waals surface area contributed by atoms with Crippen LogP contribution in [0.3, 0.4) is 0 Å². The van der Waals surface area contributed by atoms with Crippen LogP contribution in [0.4, 0.5) is 0 Å². The molecular formula is C19H27N3O3S2. The van der Waals surface area contributed by atoms with E-state index in [0.717, 1.165) is 60.9 Å². The first-order valence-corrected chi connectivity index (χ1v) is 11.1. The molecule has 2 aliphatic rings. The first kappa shape index (κ1) is 20.4. The summed E-state index contributed by atoms with van der Waals surface area (Å²) in [5, 5.41) is 0. The zero-order chi connectivity index (χ0) is 19.2. The highest BCUT2D eigenvalue weighted by Crippen LogP contribution is 2.31. The van der Waals surface area contributed by atoms with Gasteiger partial charge in [0.25, 0.3) is 0 Å². The number of aryl methyl sites for hydroxylation is 1. The summed E-state index contributed by atoms with van der Waals surface area (Å²) in [6.07, 6.45) is 0. The summed E-state index contributed by atoms with van der Waals surface area (Å²) < 4.78 is 11.9. The van der Waals surface area contributed by atoms with Crippen molar-refractivity contribution in [3.63, 3.8) is 0 Å². The van der Waals surface area contributed by atoms with Gasteiger partial charge < -0.3 is 14.4 Å². The molecule has 1 amide bonds. The van der Waals surface area contributed by atoms with E-state index in [2.05, 4.69) is 22.9 Å². The number of nitrogens with zero attached hydrogens (tertiary/aromatic N) is 3. The average Bonchev–Trinajstić information content (AvgIpc) is 3.21. The summed E-state index contributed by atoms with van der Waals surface area (Å²) >= 11 is 3.34. The fourth-order valence-electron chi connectivity index (χ4n) is 3.21. The Kier molecular flexibility index (Phi) is 7.32. The second-order valence-corrected chi connectivity index (χ2v) is 8.88. The molecule has 6 nitrogen and oxygen atoms in total. The molecule has 2 heterocycles. The maximum atomic E-state index is 12.4. The number of piperazine rings is 1. The van der Waals surface area contributed by atoms with Gasteiger partial charge in [-0.05, 0) is 30.2 Å². The number of thioether (sulfide) groups is 2. The van der Waals surface area contributed by atoms with E-state index in [-0.39, 0.29) is 5.91 Å².